The molecule has 0 spiro atoms. The number of nitrogens with zero attached hydrogens (tertiary/aromatic N) is 6. The van der Waals surface area contributed by atoms with E-state index in [1.165, 1.54) is 10.6 Å². The second kappa shape index (κ2) is 6.40. The van der Waals surface area contributed by atoms with Crippen molar-refractivity contribution in [3.05, 3.63) is 46.2 Å². The minimum Gasteiger partial charge on any atom is -0.342 e. The first-order chi connectivity index (χ1) is 12.5. The molecule has 3 aromatic heterocycles. The van der Waals surface area contributed by atoms with Crippen LogP contribution in [0, 0.1) is 6.92 Å². The maximum atomic E-state index is 12.7. The molecule has 9 heteroatoms. The molecule has 0 aliphatic carbocycles. The molecule has 0 aromatic carbocycles. The third kappa shape index (κ3) is 3.00. The molecule has 4 rings (SSSR count). The number of carbonyl (C=O) groups excluding carboxylic acids is 1. The number of piperidine rings is 1. The molecule has 1 aliphatic heterocycles. The highest BCUT2D eigenvalue weighted by atomic mass is 16.2. The van der Waals surface area contributed by atoms with Crippen molar-refractivity contribution in [3.63, 3.8) is 0 Å². The van der Waals surface area contributed by atoms with Gasteiger partial charge in [-0.25, -0.2) is 9.97 Å². The van der Waals surface area contributed by atoms with Crippen LogP contribution in [0.15, 0.2) is 23.3 Å². The second-order valence-electron chi connectivity index (χ2n) is 6.79. The van der Waals surface area contributed by atoms with E-state index >= 15 is 0 Å². The molecular weight excluding hydrogens is 334 g/mol. The molecule has 1 amide bonds. The van der Waals surface area contributed by atoms with E-state index in [0.717, 1.165) is 25.2 Å². The number of carbonyl (C=O) groups is 1. The molecule has 1 saturated heterocycles. The fraction of sp³-hybridized carbons (Fsp3) is 0.471. The molecular formula is C17H21N7O2. The molecule has 26 heavy (non-hydrogen) atoms. The van der Waals surface area contributed by atoms with Gasteiger partial charge in [0, 0.05) is 50.2 Å². The number of aromatic amines is 1. The Balaban J connectivity index is 1.50. The van der Waals surface area contributed by atoms with Crippen molar-refractivity contribution in [2.24, 2.45) is 7.05 Å². The van der Waals surface area contributed by atoms with E-state index in [9.17, 15) is 9.59 Å². The first kappa shape index (κ1) is 16.5. The molecule has 1 N–H and O–H groups in total. The molecule has 9 nitrogen and oxygen atoms in total. The van der Waals surface area contributed by atoms with Crippen LogP contribution in [0.1, 0.15) is 36.1 Å². The van der Waals surface area contributed by atoms with E-state index in [1.807, 2.05) is 22.7 Å². The number of nitrogens with one attached hydrogen (secondary N) is 1. The standard InChI is InChI=1S/C17H21N7O2/c1-11-8-15(26)24-17(19-11)20-13(21-24)9-14(25)23-6-3-4-12(10-23)16-18-5-7-22(16)2/h5,7-8,12H,3-4,6,9-10H2,1-2H3,(H,19,20,21). The molecule has 1 aliphatic rings. The fourth-order valence-electron chi connectivity index (χ4n) is 3.56. The summed E-state index contributed by atoms with van der Waals surface area (Å²) in [6.07, 6.45) is 5.81. The van der Waals surface area contributed by atoms with Gasteiger partial charge >= 0.3 is 0 Å². The zero-order valence-corrected chi connectivity index (χ0v) is 14.8. The summed E-state index contributed by atoms with van der Waals surface area (Å²) in [6.45, 7) is 3.13. The number of amides is 1. The summed E-state index contributed by atoms with van der Waals surface area (Å²) in [5, 5.41) is 2.88. The third-order valence-corrected chi connectivity index (χ3v) is 4.82. The average molecular weight is 355 g/mol. The number of aromatic nitrogens is 6. The Bertz CT molecular complexity index is 1020. The highest BCUT2D eigenvalue weighted by molar-refractivity contribution is 5.78. The van der Waals surface area contributed by atoms with Gasteiger partial charge in [0.25, 0.3) is 11.3 Å². The van der Waals surface area contributed by atoms with Gasteiger partial charge in [-0.1, -0.05) is 0 Å². The van der Waals surface area contributed by atoms with E-state index in [1.54, 1.807) is 13.1 Å². The van der Waals surface area contributed by atoms with Gasteiger partial charge in [0.05, 0.1) is 6.42 Å². The van der Waals surface area contributed by atoms with Gasteiger partial charge in [-0.3, -0.25) is 14.7 Å². The van der Waals surface area contributed by atoms with E-state index in [4.69, 9.17) is 0 Å². The normalized spacial score (nSPS) is 17.8. The predicted octanol–water partition coefficient (Wildman–Crippen LogP) is 0.408. The molecule has 0 saturated carbocycles. The fourth-order valence-corrected chi connectivity index (χ4v) is 3.56. The highest BCUT2D eigenvalue weighted by Gasteiger charge is 2.27. The summed E-state index contributed by atoms with van der Waals surface area (Å²) in [7, 11) is 1.98. The monoisotopic (exact) mass is 355 g/mol. The molecule has 4 heterocycles. The molecule has 0 radical (unpaired) electrons. The third-order valence-electron chi connectivity index (χ3n) is 4.82. The smallest absolute Gasteiger partial charge is 0.274 e. The van der Waals surface area contributed by atoms with Crippen molar-refractivity contribution in [3.8, 4) is 0 Å². The van der Waals surface area contributed by atoms with Crippen LogP contribution in [-0.2, 0) is 18.3 Å². The Morgan fingerprint density at radius 2 is 2.23 bits per heavy atom. The summed E-state index contributed by atoms with van der Waals surface area (Å²) in [5.74, 6) is 1.99. The van der Waals surface area contributed by atoms with E-state index in [2.05, 4.69) is 20.1 Å². The van der Waals surface area contributed by atoms with Gasteiger partial charge in [0.1, 0.15) is 11.6 Å². The van der Waals surface area contributed by atoms with Crippen molar-refractivity contribution >= 4 is 11.7 Å². The van der Waals surface area contributed by atoms with Crippen LogP contribution in [0.5, 0.6) is 0 Å². The van der Waals surface area contributed by atoms with Crippen LogP contribution >= 0.6 is 0 Å². The first-order valence-electron chi connectivity index (χ1n) is 8.71. The lowest BCUT2D eigenvalue weighted by molar-refractivity contribution is -0.131. The maximum absolute atomic E-state index is 12.7. The summed E-state index contributed by atoms with van der Waals surface area (Å²) in [6, 6.07) is 1.43. The number of aryl methyl sites for hydroxylation is 2. The van der Waals surface area contributed by atoms with Crippen molar-refractivity contribution in [2.45, 2.75) is 32.1 Å². The van der Waals surface area contributed by atoms with Gasteiger partial charge in [-0.05, 0) is 19.8 Å². The lowest BCUT2D eigenvalue weighted by atomic mass is 9.97. The number of hydrogen-bond acceptors (Lipinski definition) is 5. The number of fused-ring (bicyclic) bond motifs is 1. The number of rotatable bonds is 3. The van der Waals surface area contributed by atoms with Gasteiger partial charge < -0.3 is 9.47 Å². The number of H-pyrrole nitrogens is 1. The largest absolute Gasteiger partial charge is 0.342 e. The Kier molecular flexibility index (Phi) is 4.06. The van der Waals surface area contributed by atoms with Crippen LogP contribution in [0.2, 0.25) is 0 Å². The molecule has 1 atom stereocenters. The highest BCUT2D eigenvalue weighted by Crippen LogP contribution is 2.25. The van der Waals surface area contributed by atoms with Crippen molar-refractivity contribution < 1.29 is 4.79 Å². The number of likely N-dealkylation sites (tertiary alicyclic amines) is 1. The molecule has 136 valence electrons. The molecule has 0 bridgehead atoms. The summed E-state index contributed by atoms with van der Waals surface area (Å²) in [5.41, 5.74) is 0.375. The van der Waals surface area contributed by atoms with Crippen molar-refractivity contribution in [1.82, 2.24) is 34.0 Å². The summed E-state index contributed by atoms with van der Waals surface area (Å²) < 4.78 is 3.28. The van der Waals surface area contributed by atoms with Crippen LogP contribution in [0.3, 0.4) is 0 Å². The van der Waals surface area contributed by atoms with Gasteiger partial charge in [0.2, 0.25) is 5.91 Å². The molecule has 3 aromatic rings. The Hall–Kier alpha value is -2.97. The van der Waals surface area contributed by atoms with Crippen LogP contribution in [0.4, 0.5) is 0 Å². The zero-order chi connectivity index (χ0) is 18.3. The number of imidazole rings is 1. The van der Waals surface area contributed by atoms with E-state index in [-0.39, 0.29) is 23.8 Å². The van der Waals surface area contributed by atoms with Crippen LogP contribution in [0.25, 0.3) is 5.78 Å². The summed E-state index contributed by atoms with van der Waals surface area (Å²) >= 11 is 0. The van der Waals surface area contributed by atoms with Gasteiger partial charge in [-0.15, -0.1) is 0 Å². The predicted molar refractivity (Wildman–Crippen MR) is 93.8 cm³/mol. The van der Waals surface area contributed by atoms with Crippen molar-refractivity contribution in [2.75, 3.05) is 13.1 Å². The average Bonchev–Trinajstić information content (AvgIpc) is 3.21. The van der Waals surface area contributed by atoms with Gasteiger partial charge in [-0.2, -0.15) is 9.50 Å². The Morgan fingerprint density at radius 3 is 3.00 bits per heavy atom. The quantitative estimate of drug-likeness (QED) is 0.733. The van der Waals surface area contributed by atoms with Gasteiger partial charge in [0.15, 0.2) is 0 Å². The maximum Gasteiger partial charge on any atom is 0.274 e. The van der Waals surface area contributed by atoms with Crippen molar-refractivity contribution in [1.29, 1.82) is 0 Å². The van der Waals surface area contributed by atoms with Crippen LogP contribution < -0.4 is 5.56 Å². The van der Waals surface area contributed by atoms with E-state index < -0.39 is 0 Å². The first-order valence-corrected chi connectivity index (χ1v) is 8.71. The molecule has 1 unspecified atom stereocenters. The SMILES string of the molecule is Cc1cc(=O)n2[nH]c(CC(=O)N3CCCC(c4nccn4C)C3)nc2n1. The van der Waals surface area contributed by atoms with Crippen LogP contribution in [-0.4, -0.2) is 53.0 Å². The van der Waals surface area contributed by atoms with E-state index in [0.29, 0.717) is 23.8 Å². The minimum atomic E-state index is -0.230. The second-order valence-corrected chi connectivity index (χ2v) is 6.79. The number of hydrogen-bond donors (Lipinski definition) is 1. The Labute approximate surface area is 149 Å². The minimum absolute atomic E-state index is 0.00673. The zero-order valence-electron chi connectivity index (χ0n) is 14.8. The Morgan fingerprint density at radius 1 is 1.38 bits per heavy atom. The lowest BCUT2D eigenvalue weighted by Crippen LogP contribution is -2.40. The lowest BCUT2D eigenvalue weighted by Gasteiger charge is -2.32. The topological polar surface area (TPSA) is 101 Å². The molecule has 1 fully saturated rings. The summed E-state index contributed by atoms with van der Waals surface area (Å²) in [4.78, 5) is 39.5.